The van der Waals surface area contributed by atoms with Crippen LogP contribution in [0.3, 0.4) is 0 Å². The van der Waals surface area contributed by atoms with Gasteiger partial charge in [-0.3, -0.25) is 4.79 Å². The van der Waals surface area contributed by atoms with E-state index in [2.05, 4.69) is 9.78 Å². The molecule has 1 aliphatic heterocycles. The molecule has 0 spiro atoms. The third-order valence-corrected chi connectivity index (χ3v) is 0.584. The summed E-state index contributed by atoms with van der Waals surface area (Å²) in [6.07, 6.45) is 3.74. The summed E-state index contributed by atoms with van der Waals surface area (Å²) in [7, 11) is 0. The highest BCUT2D eigenvalue weighted by molar-refractivity contribution is 5.60. The van der Waals surface area contributed by atoms with E-state index >= 15 is 0 Å². The van der Waals surface area contributed by atoms with E-state index in [1.165, 1.54) is 12.3 Å². The van der Waals surface area contributed by atoms with E-state index in [4.69, 9.17) is 0 Å². The molecule has 0 aromatic heterocycles. The summed E-state index contributed by atoms with van der Waals surface area (Å²) >= 11 is 0. The lowest BCUT2D eigenvalue weighted by molar-refractivity contribution is -0.236. The number of carbonyl (C=O) groups excluding carboxylic acids is 1. The van der Waals surface area contributed by atoms with Gasteiger partial charge in [-0.25, -0.2) is 0 Å². The van der Waals surface area contributed by atoms with E-state index in [1.807, 2.05) is 0 Å². The normalized spacial score (nSPS) is 27.1. The van der Waals surface area contributed by atoms with Gasteiger partial charge in [0, 0.05) is 0 Å². The van der Waals surface area contributed by atoms with Crippen molar-refractivity contribution < 1.29 is 14.6 Å². The van der Waals surface area contributed by atoms with Gasteiger partial charge in [-0.1, -0.05) is 0 Å². The molecule has 0 aliphatic carbocycles. The maximum atomic E-state index is 9.63. The monoisotopic (exact) mass is 99.0 g/mol. The Bertz CT molecular complexity index is 97.1. The highest BCUT2D eigenvalue weighted by Crippen LogP contribution is 1.99. The van der Waals surface area contributed by atoms with Gasteiger partial charge in [-0.15, -0.1) is 0 Å². The summed E-state index contributed by atoms with van der Waals surface area (Å²) in [6.45, 7) is 0. The van der Waals surface area contributed by atoms with E-state index in [0.29, 0.717) is 0 Å². The van der Waals surface area contributed by atoms with Crippen molar-refractivity contribution in [1.29, 1.82) is 0 Å². The van der Waals surface area contributed by atoms with Crippen molar-refractivity contribution in [2.75, 3.05) is 0 Å². The first-order valence-corrected chi connectivity index (χ1v) is 1.80. The Kier molecular flexibility index (Phi) is 1.08. The predicted octanol–water partition coefficient (Wildman–Crippen LogP) is -0.0598. The largest absolute Gasteiger partial charge is 0.345 e. The summed E-state index contributed by atoms with van der Waals surface area (Å²) in [6, 6.07) is 0. The van der Waals surface area contributed by atoms with Gasteiger partial charge in [0.25, 0.3) is 0 Å². The van der Waals surface area contributed by atoms with Crippen molar-refractivity contribution >= 4 is 6.29 Å². The zero-order valence-electron chi connectivity index (χ0n) is 3.46. The molecule has 0 saturated heterocycles. The van der Waals surface area contributed by atoms with E-state index in [-0.39, 0.29) is 0 Å². The molecule has 1 aliphatic rings. The topological polar surface area (TPSA) is 35.5 Å². The average Bonchev–Trinajstić information content (AvgIpc) is 2.14. The molecule has 1 heterocycles. The summed E-state index contributed by atoms with van der Waals surface area (Å²) < 4.78 is 0. The number of rotatable bonds is 1. The van der Waals surface area contributed by atoms with Gasteiger partial charge in [-0.05, 0) is 6.08 Å². The fourth-order valence-corrected chi connectivity index (χ4v) is 0.286. The van der Waals surface area contributed by atoms with Crippen molar-refractivity contribution in [3.63, 3.8) is 0 Å². The summed E-state index contributed by atoms with van der Waals surface area (Å²) in [5, 5.41) is 0. The molecule has 1 rings (SSSR count). The Balaban J connectivity index is 2.42. The van der Waals surface area contributed by atoms with Crippen LogP contribution in [0, 0.1) is 0 Å². The van der Waals surface area contributed by atoms with Gasteiger partial charge < -0.3 is 4.89 Å². The molecule has 1 radical (unpaired) electrons. The Morgan fingerprint density at radius 2 is 2.57 bits per heavy atom. The smallest absolute Gasteiger partial charge is 0.238 e. The van der Waals surface area contributed by atoms with Crippen molar-refractivity contribution in [3.8, 4) is 0 Å². The minimum atomic E-state index is -0.611. The van der Waals surface area contributed by atoms with Crippen LogP contribution in [0.5, 0.6) is 0 Å². The van der Waals surface area contributed by atoms with Crippen molar-refractivity contribution in [2.24, 2.45) is 0 Å². The summed E-state index contributed by atoms with van der Waals surface area (Å²) in [5.74, 6) is 0. The Hall–Kier alpha value is -0.830. The molecule has 1 unspecified atom stereocenters. The van der Waals surface area contributed by atoms with Crippen molar-refractivity contribution in [2.45, 2.75) is 6.10 Å². The Morgan fingerprint density at radius 1 is 1.71 bits per heavy atom. The van der Waals surface area contributed by atoms with Gasteiger partial charge in [0.2, 0.25) is 6.29 Å². The van der Waals surface area contributed by atoms with Gasteiger partial charge in [-0.2, -0.15) is 4.89 Å². The van der Waals surface area contributed by atoms with Crippen LogP contribution in [-0.4, -0.2) is 12.4 Å². The quantitative estimate of drug-likeness (QED) is 0.432. The summed E-state index contributed by atoms with van der Waals surface area (Å²) in [4.78, 5) is 18.1. The Labute approximate surface area is 40.5 Å². The van der Waals surface area contributed by atoms with Gasteiger partial charge in [0.1, 0.15) is 6.26 Å². The number of hydrogen-bond acceptors (Lipinski definition) is 3. The highest BCUT2D eigenvalue weighted by Gasteiger charge is 2.09. The number of hydrogen-bond donors (Lipinski definition) is 0. The summed E-state index contributed by atoms with van der Waals surface area (Å²) in [5.41, 5.74) is 0. The van der Waals surface area contributed by atoms with Crippen LogP contribution in [0.2, 0.25) is 0 Å². The van der Waals surface area contributed by atoms with E-state index in [0.717, 1.165) is 0 Å². The van der Waals surface area contributed by atoms with Gasteiger partial charge in [0.05, 0.1) is 0 Å². The van der Waals surface area contributed by atoms with Crippen LogP contribution in [0.25, 0.3) is 0 Å². The molecule has 7 heavy (non-hydrogen) atoms. The van der Waals surface area contributed by atoms with Crippen LogP contribution in [0.15, 0.2) is 12.3 Å². The second-order valence-electron chi connectivity index (χ2n) is 1.06. The molecule has 3 nitrogen and oxygen atoms in total. The molecular weight excluding hydrogens is 96.0 g/mol. The van der Waals surface area contributed by atoms with Crippen LogP contribution in [0.4, 0.5) is 0 Å². The van der Waals surface area contributed by atoms with Crippen LogP contribution in [-0.2, 0) is 14.6 Å². The third-order valence-electron chi connectivity index (χ3n) is 0.584. The molecule has 1 atom stereocenters. The molecular formula is C4H3O3. The molecule has 0 N–H and O–H groups in total. The lowest BCUT2D eigenvalue weighted by Gasteiger charge is -1.89. The lowest BCUT2D eigenvalue weighted by Crippen LogP contribution is -2.03. The zero-order chi connectivity index (χ0) is 5.11. The zero-order valence-corrected chi connectivity index (χ0v) is 3.46. The average molecular weight is 99.1 g/mol. The first kappa shape index (κ1) is 4.33. The minimum absolute atomic E-state index is 0.611. The molecule has 0 fully saturated rings. The molecule has 0 aromatic carbocycles. The van der Waals surface area contributed by atoms with E-state index in [1.54, 1.807) is 6.29 Å². The first-order valence-electron chi connectivity index (χ1n) is 1.80. The highest BCUT2D eigenvalue weighted by atomic mass is 17.2. The van der Waals surface area contributed by atoms with Crippen LogP contribution >= 0.6 is 0 Å². The van der Waals surface area contributed by atoms with Crippen LogP contribution in [0.1, 0.15) is 0 Å². The third kappa shape index (κ3) is 0.778. The molecule has 0 saturated carbocycles. The molecule has 0 aromatic rings. The van der Waals surface area contributed by atoms with Gasteiger partial charge in [0.15, 0.2) is 6.10 Å². The molecule has 0 bridgehead atoms. The first-order chi connectivity index (χ1) is 3.43. The van der Waals surface area contributed by atoms with E-state index < -0.39 is 6.10 Å². The Morgan fingerprint density at radius 3 is 2.86 bits per heavy atom. The minimum Gasteiger partial charge on any atom is -0.345 e. The fraction of sp³-hybridized carbons (Fsp3) is 0.250. The molecule has 3 heteroatoms. The fourth-order valence-electron chi connectivity index (χ4n) is 0.286. The molecule has 0 amide bonds. The van der Waals surface area contributed by atoms with Crippen LogP contribution < -0.4 is 0 Å². The second-order valence-corrected chi connectivity index (χ2v) is 1.06. The maximum absolute atomic E-state index is 9.63. The van der Waals surface area contributed by atoms with Crippen molar-refractivity contribution in [1.82, 2.24) is 0 Å². The second kappa shape index (κ2) is 1.75. The lowest BCUT2D eigenvalue weighted by atomic mass is 10.4. The standard InChI is InChI=1S/C4H3O3/c5-3-4-1-2-6-7-4/h1-2,4H. The maximum Gasteiger partial charge on any atom is 0.238 e. The van der Waals surface area contributed by atoms with E-state index in [9.17, 15) is 4.79 Å². The SMILES string of the molecule is O=[C]C1C=COO1. The van der Waals surface area contributed by atoms with Gasteiger partial charge >= 0.3 is 0 Å². The molecule has 37 valence electrons. The van der Waals surface area contributed by atoms with Crippen molar-refractivity contribution in [3.05, 3.63) is 12.3 Å². The predicted molar refractivity (Wildman–Crippen MR) is 20.8 cm³/mol.